The van der Waals surface area contributed by atoms with Crippen LogP contribution in [0.25, 0.3) is 0 Å². The van der Waals surface area contributed by atoms with Gasteiger partial charge in [0.2, 0.25) is 0 Å². The highest BCUT2D eigenvalue weighted by atomic mass is 14.0. The number of hydrogen-bond donors (Lipinski definition) is 0. The molecule has 1 saturated carbocycles. The molecule has 0 amide bonds. The minimum Gasteiger partial charge on any atom is -0.0961 e. The summed E-state index contributed by atoms with van der Waals surface area (Å²) in [6.07, 6.45) is 13.6. The molecule has 0 N–H and O–H groups in total. The SMILES string of the molecule is C1CCCC1.C=C(C)/C=C\C(C)=C/C. The van der Waals surface area contributed by atoms with Crippen molar-refractivity contribution in [3.8, 4) is 0 Å². The second-order valence-electron chi connectivity index (χ2n) is 3.98. The molecule has 0 unspecified atom stereocenters. The Morgan fingerprint density at radius 1 is 0.929 bits per heavy atom. The third-order valence-corrected chi connectivity index (χ3v) is 2.34. The first-order chi connectivity index (χ1) is 6.66. The Morgan fingerprint density at radius 3 is 1.64 bits per heavy atom. The summed E-state index contributed by atoms with van der Waals surface area (Å²) < 4.78 is 0. The lowest BCUT2D eigenvalue weighted by molar-refractivity contribution is 0.886. The average molecular weight is 192 g/mol. The van der Waals surface area contributed by atoms with E-state index in [1.54, 1.807) is 0 Å². The van der Waals surface area contributed by atoms with Gasteiger partial charge in [-0.3, -0.25) is 0 Å². The van der Waals surface area contributed by atoms with Crippen molar-refractivity contribution in [2.24, 2.45) is 0 Å². The third-order valence-electron chi connectivity index (χ3n) is 2.34. The van der Waals surface area contributed by atoms with Crippen molar-refractivity contribution in [1.82, 2.24) is 0 Å². The van der Waals surface area contributed by atoms with Crippen LogP contribution in [-0.2, 0) is 0 Å². The molecule has 0 aliphatic heterocycles. The fourth-order valence-corrected chi connectivity index (χ4v) is 1.25. The highest BCUT2D eigenvalue weighted by Crippen LogP contribution is 2.15. The van der Waals surface area contributed by atoms with Crippen LogP contribution in [0.15, 0.2) is 36.0 Å². The molecule has 14 heavy (non-hydrogen) atoms. The van der Waals surface area contributed by atoms with E-state index in [4.69, 9.17) is 0 Å². The van der Waals surface area contributed by atoms with E-state index in [1.807, 2.05) is 19.9 Å². The molecule has 1 fully saturated rings. The quantitative estimate of drug-likeness (QED) is 0.538. The van der Waals surface area contributed by atoms with E-state index in [9.17, 15) is 0 Å². The van der Waals surface area contributed by atoms with Gasteiger partial charge < -0.3 is 0 Å². The monoisotopic (exact) mass is 192 g/mol. The molecule has 80 valence electrons. The largest absolute Gasteiger partial charge is 0.0961 e. The molecular formula is C14H24. The molecule has 0 spiro atoms. The zero-order valence-electron chi connectivity index (χ0n) is 9.97. The zero-order chi connectivity index (χ0) is 10.8. The van der Waals surface area contributed by atoms with Crippen LogP contribution in [0.4, 0.5) is 0 Å². The predicted octanol–water partition coefficient (Wildman–Crippen LogP) is 5.04. The van der Waals surface area contributed by atoms with Crippen LogP contribution in [-0.4, -0.2) is 0 Å². The molecule has 0 heterocycles. The van der Waals surface area contributed by atoms with E-state index in [0.717, 1.165) is 5.57 Å². The molecule has 0 aromatic heterocycles. The lowest BCUT2D eigenvalue weighted by Gasteiger charge is -1.86. The van der Waals surface area contributed by atoms with Gasteiger partial charge in [0.15, 0.2) is 0 Å². The minimum atomic E-state index is 1.09. The van der Waals surface area contributed by atoms with Gasteiger partial charge in [0, 0.05) is 0 Å². The van der Waals surface area contributed by atoms with Crippen molar-refractivity contribution < 1.29 is 0 Å². The van der Waals surface area contributed by atoms with Crippen LogP contribution >= 0.6 is 0 Å². The Balaban J connectivity index is 0.000000280. The fraction of sp³-hybridized carbons (Fsp3) is 0.571. The first kappa shape index (κ1) is 13.2. The standard InChI is InChI=1S/C9H14.C5H10/c1-5-9(4)7-6-8(2)3;1-2-4-5-3-1/h5-7H,2H2,1,3-4H3;1-5H2/b7-6-,9-5-;. The molecule has 0 aromatic carbocycles. The summed E-state index contributed by atoms with van der Waals surface area (Å²) >= 11 is 0. The van der Waals surface area contributed by atoms with Gasteiger partial charge in [0.25, 0.3) is 0 Å². The summed E-state index contributed by atoms with van der Waals surface area (Å²) in [7, 11) is 0. The van der Waals surface area contributed by atoms with Crippen molar-refractivity contribution in [1.29, 1.82) is 0 Å². The van der Waals surface area contributed by atoms with Gasteiger partial charge in [-0.05, 0) is 20.8 Å². The normalized spacial score (nSPS) is 16.6. The van der Waals surface area contributed by atoms with E-state index < -0.39 is 0 Å². The van der Waals surface area contributed by atoms with Crippen molar-refractivity contribution in [2.45, 2.75) is 52.9 Å². The summed E-state index contributed by atoms with van der Waals surface area (Å²) in [4.78, 5) is 0. The molecule has 0 atom stereocenters. The summed E-state index contributed by atoms with van der Waals surface area (Å²) in [5, 5.41) is 0. The highest BCUT2D eigenvalue weighted by molar-refractivity contribution is 5.22. The van der Waals surface area contributed by atoms with Gasteiger partial charge >= 0.3 is 0 Å². The lowest BCUT2D eigenvalue weighted by atomic mass is 10.2. The summed E-state index contributed by atoms with van der Waals surface area (Å²) in [6, 6.07) is 0. The Morgan fingerprint density at radius 2 is 1.36 bits per heavy atom. The van der Waals surface area contributed by atoms with Crippen LogP contribution in [0, 0.1) is 0 Å². The first-order valence-corrected chi connectivity index (χ1v) is 5.63. The number of hydrogen-bond acceptors (Lipinski definition) is 0. The maximum atomic E-state index is 3.75. The maximum absolute atomic E-state index is 3.75. The van der Waals surface area contributed by atoms with E-state index in [0.29, 0.717) is 0 Å². The van der Waals surface area contributed by atoms with Crippen LogP contribution < -0.4 is 0 Å². The van der Waals surface area contributed by atoms with Crippen LogP contribution in [0.2, 0.25) is 0 Å². The van der Waals surface area contributed by atoms with Crippen LogP contribution in [0.5, 0.6) is 0 Å². The van der Waals surface area contributed by atoms with Crippen LogP contribution in [0.1, 0.15) is 52.9 Å². The Hall–Kier alpha value is -0.780. The smallest absolute Gasteiger partial charge is 0.0401 e. The van der Waals surface area contributed by atoms with E-state index in [-0.39, 0.29) is 0 Å². The van der Waals surface area contributed by atoms with E-state index in [1.165, 1.54) is 37.7 Å². The second kappa shape index (κ2) is 8.80. The maximum Gasteiger partial charge on any atom is -0.0401 e. The molecule has 1 rings (SSSR count). The zero-order valence-corrected chi connectivity index (χ0v) is 9.97. The van der Waals surface area contributed by atoms with Crippen molar-refractivity contribution in [3.05, 3.63) is 36.0 Å². The van der Waals surface area contributed by atoms with Crippen molar-refractivity contribution >= 4 is 0 Å². The Bertz CT molecular complexity index is 194. The Kier molecular flexibility index (Phi) is 8.31. The van der Waals surface area contributed by atoms with Gasteiger partial charge in [-0.15, -0.1) is 0 Å². The van der Waals surface area contributed by atoms with Crippen LogP contribution in [0.3, 0.4) is 0 Å². The van der Waals surface area contributed by atoms with Gasteiger partial charge in [0.1, 0.15) is 0 Å². The number of rotatable bonds is 2. The minimum absolute atomic E-state index is 1.09. The van der Waals surface area contributed by atoms with E-state index in [2.05, 4.69) is 25.7 Å². The van der Waals surface area contributed by atoms with Gasteiger partial charge in [0.05, 0.1) is 0 Å². The molecule has 0 radical (unpaired) electrons. The molecule has 1 aliphatic rings. The first-order valence-electron chi connectivity index (χ1n) is 5.63. The Labute approximate surface area is 89.4 Å². The molecule has 0 saturated heterocycles. The molecule has 0 bridgehead atoms. The molecule has 1 aliphatic carbocycles. The van der Waals surface area contributed by atoms with Gasteiger partial charge in [-0.2, -0.15) is 0 Å². The molecular weight excluding hydrogens is 168 g/mol. The fourth-order valence-electron chi connectivity index (χ4n) is 1.25. The lowest BCUT2D eigenvalue weighted by Crippen LogP contribution is -1.65. The number of allylic oxidation sites excluding steroid dienone is 5. The average Bonchev–Trinajstić information content (AvgIpc) is 2.71. The molecule has 0 aromatic rings. The van der Waals surface area contributed by atoms with Crippen molar-refractivity contribution in [2.75, 3.05) is 0 Å². The summed E-state index contributed by atoms with van der Waals surface area (Å²) in [6.45, 7) is 9.83. The molecule has 0 heteroatoms. The summed E-state index contributed by atoms with van der Waals surface area (Å²) in [5.41, 5.74) is 2.37. The van der Waals surface area contributed by atoms with Gasteiger partial charge in [-0.25, -0.2) is 0 Å². The van der Waals surface area contributed by atoms with Crippen molar-refractivity contribution in [3.63, 3.8) is 0 Å². The van der Waals surface area contributed by atoms with Gasteiger partial charge in [-0.1, -0.05) is 68.1 Å². The summed E-state index contributed by atoms with van der Waals surface area (Å²) in [5.74, 6) is 0. The molecule has 0 nitrogen and oxygen atoms in total. The highest BCUT2D eigenvalue weighted by Gasteiger charge is 1.95. The third kappa shape index (κ3) is 9.31. The van der Waals surface area contributed by atoms with E-state index >= 15 is 0 Å². The second-order valence-corrected chi connectivity index (χ2v) is 3.98. The topological polar surface area (TPSA) is 0 Å². The predicted molar refractivity (Wildman–Crippen MR) is 66.5 cm³/mol.